The molecule has 0 aromatic heterocycles. The molecule has 55 heavy (non-hydrogen) atoms. The number of phenolic OH excluding ortho intramolecular Hbond substituents is 2. The summed E-state index contributed by atoms with van der Waals surface area (Å²) in [5.41, 5.74) is 1.77. The molecule has 3 aromatic rings. The second kappa shape index (κ2) is 20.5. The van der Waals surface area contributed by atoms with Crippen LogP contribution < -0.4 is 31.9 Å². The highest BCUT2D eigenvalue weighted by Crippen LogP contribution is 2.15. The minimum Gasteiger partial charge on any atom is -0.508 e. The van der Waals surface area contributed by atoms with Gasteiger partial charge in [0.05, 0.1) is 12.6 Å². The van der Waals surface area contributed by atoms with Gasteiger partial charge in [-0.25, -0.2) is 4.79 Å². The fourth-order valence-electron chi connectivity index (χ4n) is 6.17. The molecule has 5 atom stereocenters. The van der Waals surface area contributed by atoms with Crippen molar-refractivity contribution in [1.82, 2.24) is 31.9 Å². The molecule has 0 aliphatic carbocycles. The van der Waals surface area contributed by atoms with Gasteiger partial charge >= 0.3 is 5.97 Å². The lowest BCUT2D eigenvalue weighted by molar-refractivity contribution is -0.142. The van der Waals surface area contributed by atoms with E-state index in [-0.39, 0.29) is 61.6 Å². The van der Waals surface area contributed by atoms with Crippen molar-refractivity contribution in [1.29, 1.82) is 0 Å². The minimum absolute atomic E-state index is 0.0154. The van der Waals surface area contributed by atoms with Crippen LogP contribution in [0.2, 0.25) is 0 Å². The maximum Gasteiger partial charge on any atom is 0.326 e. The summed E-state index contributed by atoms with van der Waals surface area (Å²) in [7, 11) is 0. The Hall–Kier alpha value is -5.96. The van der Waals surface area contributed by atoms with Crippen LogP contribution in [0.25, 0.3) is 0 Å². The number of carboxylic acids is 1. The zero-order valence-corrected chi connectivity index (χ0v) is 30.9. The normalized spacial score (nSPS) is 15.9. The molecule has 1 saturated heterocycles. The first-order valence-electron chi connectivity index (χ1n) is 18.3. The van der Waals surface area contributed by atoms with Gasteiger partial charge in [0.15, 0.2) is 0 Å². The van der Waals surface area contributed by atoms with Crippen molar-refractivity contribution in [3.8, 4) is 11.5 Å². The predicted molar refractivity (Wildman–Crippen MR) is 203 cm³/mol. The molecular weight excluding hydrogens is 708 g/mol. The number of carbonyl (C=O) groups is 6. The molecule has 4 rings (SSSR count). The second-order valence-corrected chi connectivity index (χ2v) is 14.1. The molecule has 9 N–H and O–H groups in total. The summed E-state index contributed by atoms with van der Waals surface area (Å²) >= 11 is 0. The van der Waals surface area contributed by atoms with Gasteiger partial charge < -0.3 is 47.2 Å². The molecule has 15 heteroatoms. The number of carbonyl (C=O) groups excluding carboxylic acids is 5. The largest absolute Gasteiger partial charge is 0.508 e. The van der Waals surface area contributed by atoms with Crippen LogP contribution in [-0.4, -0.2) is 94.1 Å². The Morgan fingerprint density at radius 1 is 0.655 bits per heavy atom. The molecule has 1 aliphatic rings. The highest BCUT2D eigenvalue weighted by Gasteiger charge is 2.32. The number of rotatable bonds is 19. The van der Waals surface area contributed by atoms with E-state index in [1.165, 1.54) is 24.3 Å². The summed E-state index contributed by atoms with van der Waals surface area (Å²) in [5.74, 6) is -4.54. The molecule has 3 aromatic carbocycles. The average Bonchev–Trinajstić information content (AvgIpc) is 3.70. The van der Waals surface area contributed by atoms with Crippen molar-refractivity contribution < 1.29 is 44.1 Å². The lowest BCUT2D eigenvalue weighted by Crippen LogP contribution is -2.59. The fraction of sp³-hybridized carbons (Fsp3) is 0.400. The molecule has 0 saturated carbocycles. The number of hydrogen-bond acceptors (Lipinski definition) is 9. The quantitative estimate of drug-likeness (QED) is 0.0844. The van der Waals surface area contributed by atoms with Crippen LogP contribution in [0, 0.1) is 5.92 Å². The molecule has 5 amide bonds. The number of phenols is 2. The van der Waals surface area contributed by atoms with Gasteiger partial charge in [-0.15, -0.1) is 0 Å². The van der Waals surface area contributed by atoms with Crippen LogP contribution in [0.1, 0.15) is 49.8 Å². The summed E-state index contributed by atoms with van der Waals surface area (Å²) in [5, 5.41) is 45.9. The Labute approximate surface area is 319 Å². The van der Waals surface area contributed by atoms with E-state index < -0.39 is 53.8 Å². The van der Waals surface area contributed by atoms with Gasteiger partial charge in [0.1, 0.15) is 35.7 Å². The van der Waals surface area contributed by atoms with E-state index in [0.717, 1.165) is 6.42 Å². The van der Waals surface area contributed by atoms with E-state index in [0.29, 0.717) is 29.7 Å². The van der Waals surface area contributed by atoms with Crippen molar-refractivity contribution in [2.45, 2.75) is 82.6 Å². The van der Waals surface area contributed by atoms with Gasteiger partial charge in [-0.05, 0) is 72.7 Å². The Morgan fingerprint density at radius 2 is 1.13 bits per heavy atom. The highest BCUT2D eigenvalue weighted by molar-refractivity contribution is 5.96. The molecule has 294 valence electrons. The van der Waals surface area contributed by atoms with Crippen LogP contribution in [0.5, 0.6) is 11.5 Å². The zero-order valence-electron chi connectivity index (χ0n) is 30.9. The van der Waals surface area contributed by atoms with Gasteiger partial charge in [-0.3, -0.25) is 24.0 Å². The van der Waals surface area contributed by atoms with E-state index in [1.807, 2.05) is 13.8 Å². The summed E-state index contributed by atoms with van der Waals surface area (Å²) in [6.45, 7) is 4.07. The molecule has 1 aliphatic heterocycles. The smallest absolute Gasteiger partial charge is 0.326 e. The highest BCUT2D eigenvalue weighted by atomic mass is 16.4. The number of nitrogens with one attached hydrogen (secondary N) is 6. The third kappa shape index (κ3) is 13.8. The maximum atomic E-state index is 14.1. The molecule has 0 spiro atoms. The molecule has 15 nitrogen and oxygen atoms in total. The third-order valence-corrected chi connectivity index (χ3v) is 9.07. The number of amides is 5. The van der Waals surface area contributed by atoms with Crippen LogP contribution >= 0.6 is 0 Å². The van der Waals surface area contributed by atoms with Crippen LogP contribution in [0.3, 0.4) is 0 Å². The van der Waals surface area contributed by atoms with Crippen LogP contribution in [0.4, 0.5) is 0 Å². The molecule has 0 unspecified atom stereocenters. The average molecular weight is 759 g/mol. The Kier molecular flexibility index (Phi) is 15.6. The van der Waals surface area contributed by atoms with Crippen LogP contribution in [-0.2, 0) is 48.0 Å². The minimum atomic E-state index is -1.33. The number of aliphatic carboxylic acids is 1. The van der Waals surface area contributed by atoms with Gasteiger partial charge in [0.25, 0.3) is 0 Å². The van der Waals surface area contributed by atoms with E-state index in [4.69, 9.17) is 0 Å². The Balaban J connectivity index is 1.55. The van der Waals surface area contributed by atoms with Gasteiger partial charge in [0.2, 0.25) is 29.5 Å². The first-order valence-corrected chi connectivity index (χ1v) is 18.3. The molecule has 1 heterocycles. The summed E-state index contributed by atoms with van der Waals surface area (Å²) in [6, 6.07) is 15.2. The van der Waals surface area contributed by atoms with E-state index in [9.17, 15) is 44.1 Å². The Morgan fingerprint density at radius 3 is 1.60 bits per heavy atom. The third-order valence-electron chi connectivity index (χ3n) is 9.07. The molecule has 0 radical (unpaired) electrons. The predicted octanol–water partition coefficient (Wildman–Crippen LogP) is 1.06. The van der Waals surface area contributed by atoms with Crippen molar-refractivity contribution in [3.63, 3.8) is 0 Å². The van der Waals surface area contributed by atoms with Crippen molar-refractivity contribution in [3.05, 3.63) is 95.6 Å². The van der Waals surface area contributed by atoms with E-state index in [2.05, 4.69) is 31.9 Å². The summed E-state index contributed by atoms with van der Waals surface area (Å²) < 4.78 is 0. The monoisotopic (exact) mass is 758 g/mol. The SMILES string of the molecule is CC(C)C[C@H](NC(=O)CNC(=O)[C@@H]1CCCN1)C(=O)N[C@@H](Cc1ccc(O)cc1)C(=O)N[C@@H](Cc1ccc(O)cc1)C(=O)N[C@@H](Cc1ccccc1)C(=O)O. The number of carboxylic acid groups (broad SMARTS) is 1. The van der Waals surface area contributed by atoms with Crippen LogP contribution in [0.15, 0.2) is 78.9 Å². The van der Waals surface area contributed by atoms with Crippen molar-refractivity contribution in [2.24, 2.45) is 5.92 Å². The first kappa shape index (κ1) is 41.8. The molecular formula is C40H50N6O9. The first-order chi connectivity index (χ1) is 26.3. The van der Waals surface area contributed by atoms with Gasteiger partial charge in [-0.1, -0.05) is 68.4 Å². The lowest BCUT2D eigenvalue weighted by Gasteiger charge is -2.27. The number of benzene rings is 3. The standard InChI is InChI=1S/C40H50N6O9/c1-24(2)19-31(43-35(49)23-42-36(50)30-9-6-18-41-30)37(51)44-32(20-26-10-14-28(47)15-11-26)38(52)45-33(21-27-12-16-29(48)17-13-27)39(53)46-34(40(54)55)22-25-7-4-3-5-8-25/h3-5,7-8,10-17,24,30-34,41,47-48H,6,9,18-23H2,1-2H3,(H,42,50)(H,43,49)(H,44,51)(H,45,52)(H,46,53)(H,54,55)/t30-,31-,32-,33-,34-/m0/s1. The van der Waals surface area contributed by atoms with E-state index >= 15 is 0 Å². The van der Waals surface area contributed by atoms with Gasteiger partial charge in [0, 0.05) is 19.3 Å². The summed E-state index contributed by atoms with van der Waals surface area (Å²) in [6.07, 6.45) is 1.51. The molecule has 0 bridgehead atoms. The topological polar surface area (TPSA) is 235 Å². The Bertz CT molecular complexity index is 1760. The zero-order chi connectivity index (χ0) is 39.9. The maximum absolute atomic E-state index is 14.1. The lowest BCUT2D eigenvalue weighted by atomic mass is 9.99. The molecule has 1 fully saturated rings. The fourth-order valence-corrected chi connectivity index (χ4v) is 6.17. The van der Waals surface area contributed by atoms with Crippen molar-refractivity contribution in [2.75, 3.05) is 13.1 Å². The second-order valence-electron chi connectivity index (χ2n) is 14.1. The number of hydrogen-bond donors (Lipinski definition) is 9. The summed E-state index contributed by atoms with van der Waals surface area (Å²) in [4.78, 5) is 79.4. The van der Waals surface area contributed by atoms with Gasteiger partial charge in [-0.2, -0.15) is 0 Å². The van der Waals surface area contributed by atoms with E-state index in [1.54, 1.807) is 54.6 Å². The number of aromatic hydroxyl groups is 2. The van der Waals surface area contributed by atoms with Crippen molar-refractivity contribution >= 4 is 35.5 Å².